The highest BCUT2D eigenvalue weighted by atomic mass is 16.5. The van der Waals surface area contributed by atoms with Gasteiger partial charge in [-0.2, -0.15) is 0 Å². The summed E-state index contributed by atoms with van der Waals surface area (Å²) in [5.74, 6) is 2.55. The number of aryl methyl sites for hydroxylation is 1. The molecule has 2 heterocycles. The predicted molar refractivity (Wildman–Crippen MR) is 73.1 cm³/mol. The lowest BCUT2D eigenvalue weighted by molar-refractivity contribution is 0.0538. The van der Waals surface area contributed by atoms with E-state index in [4.69, 9.17) is 4.74 Å². The van der Waals surface area contributed by atoms with Gasteiger partial charge in [-0.3, -0.25) is 0 Å². The summed E-state index contributed by atoms with van der Waals surface area (Å²) < 4.78 is 5.56. The van der Waals surface area contributed by atoms with Crippen molar-refractivity contribution < 1.29 is 4.74 Å². The summed E-state index contributed by atoms with van der Waals surface area (Å²) in [6.07, 6.45) is 2.19. The molecule has 1 aromatic rings. The fourth-order valence-corrected chi connectivity index (χ4v) is 2.31. The van der Waals surface area contributed by atoms with Crippen molar-refractivity contribution in [2.24, 2.45) is 0 Å². The van der Waals surface area contributed by atoms with Crippen molar-refractivity contribution in [2.45, 2.75) is 39.2 Å². The van der Waals surface area contributed by atoms with Gasteiger partial charge in [0.05, 0.1) is 12.1 Å². The smallest absolute Gasteiger partial charge is 0.135 e. The first-order chi connectivity index (χ1) is 8.54. The van der Waals surface area contributed by atoms with Crippen molar-refractivity contribution in [1.29, 1.82) is 0 Å². The number of hydrogen-bond acceptors (Lipinski definition) is 5. The second-order valence-electron chi connectivity index (χ2n) is 5.18. The van der Waals surface area contributed by atoms with Gasteiger partial charge in [0.25, 0.3) is 0 Å². The minimum atomic E-state index is -0.0329. The molecule has 1 aliphatic heterocycles. The van der Waals surface area contributed by atoms with E-state index in [-0.39, 0.29) is 5.54 Å². The fourth-order valence-electron chi connectivity index (χ4n) is 2.31. The standard InChI is InChI=1S/C13H22N4O/c1-9-11(14-4)15-10(2)16-12(9)17-13(3)6-5-7-18-8-13/h5-8H2,1-4H3,(H2,14,15,16,17). The lowest BCUT2D eigenvalue weighted by Gasteiger charge is -2.35. The molecule has 1 atom stereocenters. The highest BCUT2D eigenvalue weighted by Gasteiger charge is 2.28. The van der Waals surface area contributed by atoms with E-state index in [0.29, 0.717) is 0 Å². The zero-order valence-electron chi connectivity index (χ0n) is 11.6. The molecule has 1 unspecified atom stereocenters. The van der Waals surface area contributed by atoms with Gasteiger partial charge >= 0.3 is 0 Å². The van der Waals surface area contributed by atoms with Crippen molar-refractivity contribution in [3.05, 3.63) is 11.4 Å². The first-order valence-corrected chi connectivity index (χ1v) is 6.43. The molecular formula is C13H22N4O. The lowest BCUT2D eigenvalue weighted by Crippen LogP contribution is -2.43. The van der Waals surface area contributed by atoms with Crippen LogP contribution in [-0.4, -0.2) is 35.8 Å². The van der Waals surface area contributed by atoms with Gasteiger partial charge in [0, 0.05) is 19.2 Å². The number of hydrogen-bond donors (Lipinski definition) is 2. The molecule has 18 heavy (non-hydrogen) atoms. The van der Waals surface area contributed by atoms with Gasteiger partial charge in [0.1, 0.15) is 17.5 Å². The second kappa shape index (κ2) is 5.10. The summed E-state index contributed by atoms with van der Waals surface area (Å²) in [4.78, 5) is 8.88. The molecule has 0 bridgehead atoms. The van der Waals surface area contributed by atoms with E-state index in [9.17, 15) is 0 Å². The maximum Gasteiger partial charge on any atom is 0.135 e. The molecule has 0 radical (unpaired) electrons. The Morgan fingerprint density at radius 1 is 1.22 bits per heavy atom. The molecule has 2 N–H and O–H groups in total. The molecule has 5 heteroatoms. The van der Waals surface area contributed by atoms with Crippen molar-refractivity contribution >= 4 is 11.6 Å². The van der Waals surface area contributed by atoms with Crippen LogP contribution < -0.4 is 10.6 Å². The first-order valence-electron chi connectivity index (χ1n) is 6.43. The molecule has 1 saturated heterocycles. The molecule has 0 amide bonds. The summed E-state index contributed by atoms with van der Waals surface area (Å²) in [5.41, 5.74) is 1.02. The maximum atomic E-state index is 5.56. The molecular weight excluding hydrogens is 228 g/mol. The van der Waals surface area contributed by atoms with Crippen LogP contribution in [0.1, 0.15) is 31.2 Å². The zero-order chi connectivity index (χ0) is 13.2. The van der Waals surface area contributed by atoms with Gasteiger partial charge in [0.15, 0.2) is 0 Å². The maximum absolute atomic E-state index is 5.56. The van der Waals surface area contributed by atoms with Crippen molar-refractivity contribution in [2.75, 3.05) is 30.9 Å². The molecule has 2 rings (SSSR count). The van der Waals surface area contributed by atoms with Gasteiger partial charge in [-0.25, -0.2) is 9.97 Å². The van der Waals surface area contributed by atoms with Crippen LogP contribution in [0.2, 0.25) is 0 Å². The third kappa shape index (κ3) is 2.72. The van der Waals surface area contributed by atoms with E-state index in [1.165, 1.54) is 0 Å². The molecule has 0 aromatic carbocycles. The van der Waals surface area contributed by atoms with Crippen LogP contribution in [0, 0.1) is 13.8 Å². The lowest BCUT2D eigenvalue weighted by atomic mass is 9.95. The third-order valence-corrected chi connectivity index (χ3v) is 3.35. The number of anilines is 2. The molecule has 5 nitrogen and oxygen atoms in total. The van der Waals surface area contributed by atoms with Crippen LogP contribution >= 0.6 is 0 Å². The molecule has 0 saturated carbocycles. The van der Waals surface area contributed by atoms with Gasteiger partial charge in [-0.15, -0.1) is 0 Å². The summed E-state index contributed by atoms with van der Waals surface area (Å²) in [6, 6.07) is 0. The Morgan fingerprint density at radius 2 is 1.94 bits per heavy atom. The van der Waals surface area contributed by atoms with Crippen LogP contribution in [0.15, 0.2) is 0 Å². The molecule has 1 aliphatic rings. The van der Waals surface area contributed by atoms with Crippen LogP contribution in [0.3, 0.4) is 0 Å². The number of nitrogens with zero attached hydrogens (tertiary/aromatic N) is 2. The molecule has 0 aliphatic carbocycles. The fraction of sp³-hybridized carbons (Fsp3) is 0.692. The van der Waals surface area contributed by atoms with E-state index in [1.54, 1.807) is 0 Å². The SMILES string of the molecule is CNc1nc(C)nc(NC2(C)CCCOC2)c1C. The Hall–Kier alpha value is -1.36. The van der Waals surface area contributed by atoms with Crippen LogP contribution in [-0.2, 0) is 4.74 Å². The second-order valence-corrected chi connectivity index (χ2v) is 5.18. The Kier molecular flexibility index (Phi) is 3.71. The Labute approximate surface area is 108 Å². The molecule has 1 fully saturated rings. The minimum absolute atomic E-state index is 0.0329. The average Bonchev–Trinajstić information content (AvgIpc) is 2.34. The Bertz CT molecular complexity index is 427. The average molecular weight is 250 g/mol. The zero-order valence-corrected chi connectivity index (χ0v) is 11.6. The summed E-state index contributed by atoms with van der Waals surface area (Å²) in [7, 11) is 1.88. The first kappa shape index (κ1) is 13.1. The monoisotopic (exact) mass is 250 g/mol. The summed E-state index contributed by atoms with van der Waals surface area (Å²) in [5, 5.41) is 6.63. The van der Waals surface area contributed by atoms with E-state index in [1.807, 2.05) is 20.9 Å². The van der Waals surface area contributed by atoms with Crippen molar-refractivity contribution in [3.8, 4) is 0 Å². The van der Waals surface area contributed by atoms with Gasteiger partial charge in [-0.1, -0.05) is 0 Å². The largest absolute Gasteiger partial charge is 0.379 e. The van der Waals surface area contributed by atoms with Gasteiger partial charge in [0.2, 0.25) is 0 Å². The van der Waals surface area contributed by atoms with E-state index < -0.39 is 0 Å². The highest BCUT2D eigenvalue weighted by Crippen LogP contribution is 2.27. The molecule has 1 aromatic heterocycles. The number of ether oxygens (including phenoxy) is 1. The Balaban J connectivity index is 2.25. The predicted octanol–water partition coefficient (Wildman–Crippen LogP) is 2.12. The Morgan fingerprint density at radius 3 is 2.56 bits per heavy atom. The normalized spacial score (nSPS) is 23.8. The van der Waals surface area contributed by atoms with Gasteiger partial charge in [-0.05, 0) is 33.6 Å². The third-order valence-electron chi connectivity index (χ3n) is 3.35. The van der Waals surface area contributed by atoms with E-state index in [0.717, 1.165) is 49.1 Å². The topological polar surface area (TPSA) is 59.1 Å². The quantitative estimate of drug-likeness (QED) is 0.860. The minimum Gasteiger partial charge on any atom is -0.379 e. The van der Waals surface area contributed by atoms with E-state index in [2.05, 4.69) is 27.5 Å². The number of aromatic nitrogens is 2. The van der Waals surface area contributed by atoms with Crippen LogP contribution in [0.5, 0.6) is 0 Å². The van der Waals surface area contributed by atoms with Crippen molar-refractivity contribution in [3.63, 3.8) is 0 Å². The number of nitrogens with one attached hydrogen (secondary N) is 2. The van der Waals surface area contributed by atoms with E-state index >= 15 is 0 Å². The van der Waals surface area contributed by atoms with Crippen LogP contribution in [0.4, 0.5) is 11.6 Å². The molecule has 100 valence electrons. The van der Waals surface area contributed by atoms with Crippen molar-refractivity contribution in [1.82, 2.24) is 9.97 Å². The highest BCUT2D eigenvalue weighted by molar-refractivity contribution is 5.57. The summed E-state index contributed by atoms with van der Waals surface area (Å²) in [6.45, 7) is 7.71. The van der Waals surface area contributed by atoms with Crippen LogP contribution in [0.25, 0.3) is 0 Å². The molecule has 0 spiro atoms. The number of rotatable bonds is 3. The van der Waals surface area contributed by atoms with Gasteiger partial charge < -0.3 is 15.4 Å². The summed E-state index contributed by atoms with van der Waals surface area (Å²) >= 11 is 0.